The highest BCUT2D eigenvalue weighted by molar-refractivity contribution is 6.32. The normalized spacial score (nSPS) is 13.7. The zero-order valence-electron chi connectivity index (χ0n) is 17.6. The fraction of sp³-hybridized carbons (Fsp3) is 0.476. The Bertz CT molecular complexity index is 833. The zero-order valence-corrected chi connectivity index (χ0v) is 18.4. The quantitative estimate of drug-likeness (QED) is 0.421. The maximum atomic E-state index is 10.7. The summed E-state index contributed by atoms with van der Waals surface area (Å²) >= 11 is 6.33. The van der Waals surface area contributed by atoms with Crippen molar-refractivity contribution < 1.29 is 19.0 Å². The maximum absolute atomic E-state index is 10.7. The molecule has 2 aromatic rings. The van der Waals surface area contributed by atoms with Crippen LogP contribution in [0.2, 0.25) is 5.02 Å². The van der Waals surface area contributed by atoms with Gasteiger partial charge in [-0.2, -0.15) is 0 Å². The molecule has 7 nitrogen and oxygen atoms in total. The number of aliphatic hydroxyl groups is 1. The van der Waals surface area contributed by atoms with Crippen molar-refractivity contribution in [3.8, 4) is 11.5 Å². The molecular weight excluding hydrogens is 394 g/mol. The molecule has 3 N–H and O–H groups in total. The number of nitrogens with zero attached hydrogens (tertiary/aromatic N) is 1. The van der Waals surface area contributed by atoms with E-state index in [1.165, 1.54) is 0 Å². The van der Waals surface area contributed by atoms with Crippen LogP contribution in [-0.2, 0) is 12.1 Å². The molecule has 0 radical (unpaired) electrons. The monoisotopic (exact) mass is 423 g/mol. The molecule has 0 saturated carbocycles. The molecule has 1 aromatic heterocycles. The molecule has 0 aliphatic heterocycles. The van der Waals surface area contributed by atoms with Crippen LogP contribution < -0.4 is 20.1 Å². The molecule has 0 bridgehead atoms. The van der Waals surface area contributed by atoms with E-state index in [-0.39, 0.29) is 6.54 Å². The molecule has 0 amide bonds. The summed E-state index contributed by atoms with van der Waals surface area (Å²) < 4.78 is 16.5. The van der Waals surface area contributed by atoms with E-state index < -0.39 is 5.60 Å². The van der Waals surface area contributed by atoms with Crippen LogP contribution in [0.15, 0.2) is 33.7 Å². The van der Waals surface area contributed by atoms with Crippen molar-refractivity contribution in [2.45, 2.75) is 39.8 Å². The first-order valence-electron chi connectivity index (χ1n) is 9.61. The van der Waals surface area contributed by atoms with E-state index in [2.05, 4.69) is 15.6 Å². The van der Waals surface area contributed by atoms with Gasteiger partial charge in [0.1, 0.15) is 17.1 Å². The van der Waals surface area contributed by atoms with Gasteiger partial charge >= 0.3 is 0 Å². The fourth-order valence-electron chi connectivity index (χ4n) is 2.73. The minimum absolute atomic E-state index is 0.235. The van der Waals surface area contributed by atoms with Gasteiger partial charge in [-0.3, -0.25) is 0 Å². The van der Waals surface area contributed by atoms with E-state index in [0.717, 1.165) is 11.3 Å². The molecule has 1 unspecified atom stereocenters. The fourth-order valence-corrected chi connectivity index (χ4v) is 3.02. The molecule has 0 spiro atoms. The average Bonchev–Trinajstić information content (AvgIpc) is 3.13. The van der Waals surface area contributed by atoms with Gasteiger partial charge in [0.2, 0.25) is 0 Å². The number of aryl methyl sites for hydroxylation is 1. The Labute approximate surface area is 177 Å². The summed E-state index contributed by atoms with van der Waals surface area (Å²) in [5.41, 5.74) is -0.295. The molecule has 2 rings (SSSR count). The number of nitrogens with one attached hydrogen (secondary N) is 2. The lowest BCUT2D eigenvalue weighted by Gasteiger charge is -2.23. The predicted octanol–water partition coefficient (Wildman–Crippen LogP) is 3.61. The van der Waals surface area contributed by atoms with Crippen LogP contribution in [-0.4, -0.2) is 37.9 Å². The number of furan rings is 1. The minimum atomic E-state index is -1.17. The predicted molar refractivity (Wildman–Crippen MR) is 115 cm³/mol. The second kappa shape index (κ2) is 10.4. The molecule has 160 valence electrons. The van der Waals surface area contributed by atoms with E-state index >= 15 is 0 Å². The standard InChI is InChI=1S/C21H30ClN3O4/c1-6-23-20(25-13-21(4,26)18-9-8-14(3)29-18)24-12-15-10-16(22)19(28-7-2)17(11-15)27-5/h8-11,26H,6-7,12-13H2,1-5H3,(H2,23,24,25). The van der Waals surface area contributed by atoms with Crippen LogP contribution in [0.5, 0.6) is 11.5 Å². The van der Waals surface area contributed by atoms with Gasteiger partial charge in [-0.25, -0.2) is 4.99 Å². The van der Waals surface area contributed by atoms with Crippen molar-refractivity contribution in [3.05, 3.63) is 46.4 Å². The van der Waals surface area contributed by atoms with Gasteiger partial charge in [0.05, 0.1) is 31.8 Å². The molecule has 0 saturated heterocycles. The van der Waals surface area contributed by atoms with E-state index in [4.69, 9.17) is 25.5 Å². The summed E-state index contributed by atoms with van der Waals surface area (Å²) in [5.74, 6) is 2.92. The summed E-state index contributed by atoms with van der Waals surface area (Å²) in [7, 11) is 1.57. The van der Waals surface area contributed by atoms with Crippen LogP contribution in [0.4, 0.5) is 0 Å². The summed E-state index contributed by atoms with van der Waals surface area (Å²) in [5, 5.41) is 17.5. The number of rotatable bonds is 9. The number of ether oxygens (including phenoxy) is 2. The van der Waals surface area contributed by atoms with Gasteiger partial charge in [0.15, 0.2) is 17.5 Å². The third kappa shape index (κ3) is 6.30. The molecule has 0 fully saturated rings. The third-order valence-corrected chi connectivity index (χ3v) is 4.49. The molecule has 0 aliphatic rings. The average molecular weight is 424 g/mol. The van der Waals surface area contributed by atoms with Gasteiger partial charge in [0, 0.05) is 6.54 Å². The number of hydrogen-bond donors (Lipinski definition) is 3. The van der Waals surface area contributed by atoms with Crippen molar-refractivity contribution in [2.75, 3.05) is 26.8 Å². The van der Waals surface area contributed by atoms with Crippen LogP contribution in [0, 0.1) is 6.92 Å². The number of halogens is 1. The van der Waals surface area contributed by atoms with Crippen LogP contribution in [0.25, 0.3) is 0 Å². The van der Waals surface area contributed by atoms with E-state index in [1.54, 1.807) is 20.1 Å². The lowest BCUT2D eigenvalue weighted by Crippen LogP contribution is -2.44. The van der Waals surface area contributed by atoms with Gasteiger partial charge in [0.25, 0.3) is 0 Å². The molecule has 1 heterocycles. The highest BCUT2D eigenvalue weighted by Crippen LogP contribution is 2.36. The first kappa shape index (κ1) is 22.9. The summed E-state index contributed by atoms with van der Waals surface area (Å²) in [6.45, 7) is 9.19. The molecule has 1 aromatic carbocycles. The SMILES string of the molecule is CCNC(=NCc1cc(Cl)c(OCC)c(OC)c1)NCC(C)(O)c1ccc(C)o1. The summed E-state index contributed by atoms with van der Waals surface area (Å²) in [6, 6.07) is 7.26. The second-order valence-corrected chi connectivity index (χ2v) is 7.18. The van der Waals surface area contributed by atoms with Gasteiger partial charge in [-0.15, -0.1) is 0 Å². The largest absolute Gasteiger partial charge is 0.493 e. The number of guanidine groups is 1. The number of hydrogen-bond acceptors (Lipinski definition) is 5. The Hall–Kier alpha value is -2.38. The van der Waals surface area contributed by atoms with Crippen molar-refractivity contribution in [1.82, 2.24) is 10.6 Å². The van der Waals surface area contributed by atoms with E-state index in [1.807, 2.05) is 39.0 Å². The molecule has 29 heavy (non-hydrogen) atoms. The first-order valence-corrected chi connectivity index (χ1v) is 9.99. The Morgan fingerprint density at radius 2 is 2.03 bits per heavy atom. The van der Waals surface area contributed by atoms with Crippen molar-refractivity contribution in [2.24, 2.45) is 4.99 Å². The van der Waals surface area contributed by atoms with Gasteiger partial charge < -0.3 is 29.6 Å². The van der Waals surface area contributed by atoms with Crippen LogP contribution in [0.3, 0.4) is 0 Å². The Balaban J connectivity index is 2.11. The number of aliphatic imine (C=N–C) groups is 1. The second-order valence-electron chi connectivity index (χ2n) is 6.77. The smallest absolute Gasteiger partial charge is 0.191 e. The van der Waals surface area contributed by atoms with Crippen LogP contribution in [0.1, 0.15) is 37.9 Å². The molecular formula is C21H30ClN3O4. The topological polar surface area (TPSA) is 88.3 Å². The zero-order chi connectivity index (χ0) is 21.4. The number of methoxy groups -OCH3 is 1. The third-order valence-electron chi connectivity index (χ3n) is 4.21. The van der Waals surface area contributed by atoms with Crippen LogP contribution >= 0.6 is 11.6 Å². The minimum Gasteiger partial charge on any atom is -0.493 e. The Kier molecular flexibility index (Phi) is 8.22. The summed E-state index contributed by atoms with van der Waals surface area (Å²) in [4.78, 5) is 4.58. The van der Waals surface area contributed by atoms with Gasteiger partial charge in [-0.05, 0) is 57.5 Å². The van der Waals surface area contributed by atoms with E-state index in [0.29, 0.717) is 47.9 Å². The summed E-state index contributed by atoms with van der Waals surface area (Å²) in [6.07, 6.45) is 0. The highest BCUT2D eigenvalue weighted by Gasteiger charge is 2.27. The lowest BCUT2D eigenvalue weighted by molar-refractivity contribution is 0.0378. The van der Waals surface area contributed by atoms with E-state index in [9.17, 15) is 5.11 Å². The Morgan fingerprint density at radius 1 is 1.28 bits per heavy atom. The van der Waals surface area contributed by atoms with Gasteiger partial charge in [-0.1, -0.05) is 11.6 Å². The Morgan fingerprint density at radius 3 is 2.62 bits per heavy atom. The van der Waals surface area contributed by atoms with Crippen molar-refractivity contribution in [3.63, 3.8) is 0 Å². The molecule has 0 aliphatic carbocycles. The molecule has 8 heteroatoms. The maximum Gasteiger partial charge on any atom is 0.191 e. The van der Waals surface area contributed by atoms with Crippen molar-refractivity contribution >= 4 is 17.6 Å². The number of benzene rings is 1. The lowest BCUT2D eigenvalue weighted by atomic mass is 10.0. The molecule has 1 atom stereocenters. The first-order chi connectivity index (χ1) is 13.8. The van der Waals surface area contributed by atoms with Crippen molar-refractivity contribution in [1.29, 1.82) is 0 Å². The highest BCUT2D eigenvalue weighted by atomic mass is 35.5.